The Balaban J connectivity index is 1.30. The molecule has 1 N–H and O–H groups in total. The number of rotatable bonds is 4. The van der Waals surface area contributed by atoms with Crippen molar-refractivity contribution in [2.45, 2.75) is 23.0 Å². The first kappa shape index (κ1) is 20.6. The van der Waals surface area contributed by atoms with E-state index < -0.39 is 15.1 Å². The summed E-state index contributed by atoms with van der Waals surface area (Å²) in [6.45, 7) is 0.688. The van der Waals surface area contributed by atoms with Crippen molar-refractivity contribution >= 4 is 37.3 Å². The maximum absolute atomic E-state index is 12.9. The molecule has 0 bridgehead atoms. The summed E-state index contributed by atoms with van der Waals surface area (Å²) in [5.41, 5.74) is 0.659. The highest BCUT2D eigenvalue weighted by atomic mass is 32.2. The molecule has 0 atom stereocenters. The molecule has 1 aliphatic heterocycles. The van der Waals surface area contributed by atoms with E-state index in [1.807, 2.05) is 0 Å². The van der Waals surface area contributed by atoms with Gasteiger partial charge in [-0.1, -0.05) is 18.2 Å². The molecule has 11 heteroatoms. The number of nitrogens with zero attached hydrogens (tertiary/aromatic N) is 4. The number of amides is 1. The van der Waals surface area contributed by atoms with E-state index >= 15 is 0 Å². The van der Waals surface area contributed by atoms with Crippen LogP contribution < -0.4 is 5.56 Å². The maximum Gasteiger partial charge on any atom is 0.270 e. The molecule has 0 aliphatic carbocycles. The van der Waals surface area contributed by atoms with Crippen molar-refractivity contribution in [1.29, 1.82) is 0 Å². The quantitative estimate of drug-likeness (QED) is 0.490. The molecule has 4 heterocycles. The van der Waals surface area contributed by atoms with Crippen LogP contribution in [0.3, 0.4) is 0 Å². The van der Waals surface area contributed by atoms with Crippen molar-refractivity contribution in [2.75, 3.05) is 13.1 Å². The van der Waals surface area contributed by atoms with E-state index in [0.29, 0.717) is 46.6 Å². The summed E-state index contributed by atoms with van der Waals surface area (Å²) in [6.07, 6.45) is 3.69. The van der Waals surface area contributed by atoms with Crippen LogP contribution in [-0.2, 0) is 9.84 Å². The van der Waals surface area contributed by atoms with Crippen molar-refractivity contribution in [3.8, 4) is 5.95 Å². The first-order valence-corrected chi connectivity index (χ1v) is 12.5. The van der Waals surface area contributed by atoms with Gasteiger partial charge in [-0.05, 0) is 36.4 Å². The van der Waals surface area contributed by atoms with Gasteiger partial charge in [-0.25, -0.2) is 18.1 Å². The lowest BCUT2D eigenvalue weighted by molar-refractivity contribution is 0.0725. The zero-order valence-electron chi connectivity index (χ0n) is 16.8. The molecular formula is C21H19N5O4S2. The molecule has 1 fully saturated rings. The Morgan fingerprint density at radius 1 is 1.12 bits per heavy atom. The molecule has 32 heavy (non-hydrogen) atoms. The summed E-state index contributed by atoms with van der Waals surface area (Å²) in [5, 5.41) is 5.45. The highest BCUT2D eigenvalue weighted by Gasteiger charge is 2.33. The number of fused-ring (bicyclic) bond motifs is 1. The lowest BCUT2D eigenvalue weighted by Crippen LogP contribution is -2.42. The van der Waals surface area contributed by atoms with Crippen LogP contribution in [0.1, 0.15) is 23.2 Å². The second-order valence-electron chi connectivity index (χ2n) is 7.55. The number of nitrogens with one attached hydrogen (secondary N) is 1. The third kappa shape index (κ3) is 3.63. The van der Waals surface area contributed by atoms with E-state index in [1.165, 1.54) is 28.4 Å². The van der Waals surface area contributed by atoms with Gasteiger partial charge in [0.05, 0.1) is 27.4 Å². The molecule has 164 valence electrons. The molecule has 0 radical (unpaired) electrons. The van der Waals surface area contributed by atoms with Crippen molar-refractivity contribution in [1.82, 2.24) is 24.6 Å². The predicted octanol–water partition coefficient (Wildman–Crippen LogP) is 2.25. The summed E-state index contributed by atoms with van der Waals surface area (Å²) in [7, 11) is -3.42. The smallest absolute Gasteiger partial charge is 0.270 e. The van der Waals surface area contributed by atoms with E-state index in [2.05, 4.69) is 15.1 Å². The lowest BCUT2D eigenvalue weighted by atomic mass is 10.1. The second-order valence-corrected chi connectivity index (χ2v) is 10.7. The number of benzene rings is 1. The highest BCUT2D eigenvalue weighted by molar-refractivity contribution is 7.92. The highest BCUT2D eigenvalue weighted by Crippen LogP contribution is 2.25. The number of likely N-dealkylation sites (tertiary alicyclic amines) is 1. The summed E-state index contributed by atoms with van der Waals surface area (Å²) < 4.78 is 27.6. The van der Waals surface area contributed by atoms with E-state index in [9.17, 15) is 18.0 Å². The predicted molar refractivity (Wildman–Crippen MR) is 120 cm³/mol. The molecule has 1 saturated heterocycles. The summed E-state index contributed by atoms with van der Waals surface area (Å²) in [5.74, 6) is -0.00150. The average Bonchev–Trinajstić information content (AvgIpc) is 3.49. The molecule has 1 aromatic carbocycles. The Bertz CT molecular complexity index is 1450. The van der Waals surface area contributed by atoms with E-state index in [1.54, 1.807) is 46.7 Å². The van der Waals surface area contributed by atoms with Gasteiger partial charge in [-0.15, -0.1) is 11.3 Å². The van der Waals surface area contributed by atoms with Crippen LogP contribution in [-0.4, -0.2) is 57.3 Å². The first-order valence-electron chi connectivity index (χ1n) is 10.0. The second kappa shape index (κ2) is 7.99. The number of hydrogen-bond acceptors (Lipinski definition) is 7. The van der Waals surface area contributed by atoms with Gasteiger partial charge in [-0.3, -0.25) is 14.6 Å². The molecule has 0 unspecified atom stereocenters. The normalized spacial score (nSPS) is 15.3. The van der Waals surface area contributed by atoms with Crippen LogP contribution in [0.5, 0.6) is 0 Å². The molecule has 1 amide bonds. The Hall–Kier alpha value is -3.31. The standard InChI is InChI=1S/C21H19N5O4S2/c27-19-18-17(8-11-31-18)23-21(24-19)26-13-14(12-22-26)20(28)25-9-6-16(7-10-25)32(29,30)15-4-2-1-3-5-15/h1-5,8,11-13,16H,6-7,9-10H2,(H,23,24,27). The molecule has 0 saturated carbocycles. The minimum absolute atomic E-state index is 0.229. The first-order chi connectivity index (χ1) is 15.4. The number of H-pyrrole nitrogens is 1. The maximum atomic E-state index is 12.9. The van der Waals surface area contributed by atoms with Gasteiger partial charge in [0.2, 0.25) is 5.95 Å². The summed E-state index contributed by atoms with van der Waals surface area (Å²) in [6, 6.07) is 10.2. The molecular weight excluding hydrogens is 450 g/mol. The van der Waals surface area contributed by atoms with Gasteiger partial charge >= 0.3 is 0 Å². The zero-order chi connectivity index (χ0) is 22.3. The van der Waals surface area contributed by atoms with Crippen LogP contribution in [0.25, 0.3) is 16.2 Å². The average molecular weight is 470 g/mol. The van der Waals surface area contributed by atoms with Crippen LogP contribution in [0, 0.1) is 0 Å². The third-order valence-electron chi connectivity index (χ3n) is 5.59. The summed E-state index contributed by atoms with van der Waals surface area (Å²) in [4.78, 5) is 34.1. The monoisotopic (exact) mass is 469 g/mol. The minimum Gasteiger partial charge on any atom is -0.338 e. The molecule has 0 spiro atoms. The number of carbonyl (C=O) groups excluding carboxylic acids is 1. The minimum atomic E-state index is -3.42. The largest absolute Gasteiger partial charge is 0.338 e. The van der Waals surface area contributed by atoms with Crippen molar-refractivity contribution in [3.05, 3.63) is 70.1 Å². The molecule has 5 rings (SSSR count). The number of aromatic nitrogens is 4. The molecule has 1 aliphatic rings. The van der Waals surface area contributed by atoms with E-state index in [4.69, 9.17) is 0 Å². The van der Waals surface area contributed by atoms with Gasteiger partial charge in [0.25, 0.3) is 11.5 Å². The van der Waals surface area contributed by atoms with E-state index in [0.717, 1.165) is 0 Å². The van der Waals surface area contributed by atoms with Crippen LogP contribution >= 0.6 is 11.3 Å². The fourth-order valence-corrected chi connectivity index (χ4v) is 6.35. The van der Waals surface area contributed by atoms with Gasteiger partial charge in [0.1, 0.15) is 4.70 Å². The molecule has 4 aromatic rings. The zero-order valence-corrected chi connectivity index (χ0v) is 18.5. The molecule has 9 nitrogen and oxygen atoms in total. The Morgan fingerprint density at radius 3 is 2.62 bits per heavy atom. The van der Waals surface area contributed by atoms with Crippen molar-refractivity contribution in [2.24, 2.45) is 0 Å². The topological polar surface area (TPSA) is 118 Å². The van der Waals surface area contributed by atoms with Crippen molar-refractivity contribution < 1.29 is 13.2 Å². The lowest BCUT2D eigenvalue weighted by Gasteiger charge is -2.31. The summed E-state index contributed by atoms with van der Waals surface area (Å²) >= 11 is 1.31. The Labute approximate surface area is 187 Å². The van der Waals surface area contributed by atoms with Crippen molar-refractivity contribution in [3.63, 3.8) is 0 Å². The number of sulfone groups is 1. The van der Waals surface area contributed by atoms with Gasteiger partial charge in [0, 0.05) is 19.3 Å². The van der Waals surface area contributed by atoms with E-state index in [-0.39, 0.29) is 17.4 Å². The number of aromatic amines is 1. The van der Waals surface area contributed by atoms with Crippen LogP contribution in [0.2, 0.25) is 0 Å². The number of thiophene rings is 1. The fraction of sp³-hybridized carbons (Fsp3) is 0.238. The van der Waals surface area contributed by atoms with Gasteiger partial charge < -0.3 is 4.90 Å². The number of piperidine rings is 1. The Morgan fingerprint density at radius 2 is 1.88 bits per heavy atom. The SMILES string of the molecule is O=C(c1cnn(-c2nc3ccsc3c(=O)[nH]2)c1)N1CCC(S(=O)(=O)c2ccccc2)CC1. The molecule has 3 aromatic heterocycles. The van der Waals surface area contributed by atoms with Crippen LogP contribution in [0.15, 0.2) is 63.9 Å². The Kier molecular flexibility index (Phi) is 5.14. The number of hydrogen-bond donors (Lipinski definition) is 1. The number of carbonyl (C=O) groups is 1. The van der Waals surface area contributed by atoms with Gasteiger partial charge in [0.15, 0.2) is 9.84 Å². The fourth-order valence-electron chi connectivity index (χ4n) is 3.87. The van der Waals surface area contributed by atoms with Crippen LogP contribution in [0.4, 0.5) is 0 Å². The third-order valence-corrected chi connectivity index (χ3v) is 8.77. The van der Waals surface area contributed by atoms with Gasteiger partial charge in [-0.2, -0.15) is 5.10 Å².